The Morgan fingerprint density at radius 1 is 1.06 bits per heavy atom. The zero-order valence-electron chi connectivity index (χ0n) is 21.8. The summed E-state index contributed by atoms with van der Waals surface area (Å²) in [4.78, 5) is 38.0. The number of aliphatic imine (C=N–C) groups is 1. The van der Waals surface area contributed by atoms with E-state index >= 15 is 0 Å². The first-order chi connectivity index (χ1) is 16.7. The molecular formula is C25H38N4O7. The first-order valence-corrected chi connectivity index (χ1v) is 11.5. The largest absolute Gasteiger partial charge is 0.490 e. The van der Waals surface area contributed by atoms with Crippen LogP contribution in [-0.2, 0) is 19.1 Å². The predicted octanol–water partition coefficient (Wildman–Crippen LogP) is 2.13. The van der Waals surface area contributed by atoms with Crippen molar-refractivity contribution in [2.75, 3.05) is 19.7 Å². The van der Waals surface area contributed by atoms with Crippen LogP contribution < -0.4 is 21.1 Å². The van der Waals surface area contributed by atoms with Crippen molar-refractivity contribution < 1.29 is 33.7 Å². The average Bonchev–Trinajstić information content (AvgIpc) is 2.75. The van der Waals surface area contributed by atoms with Gasteiger partial charge in [0.1, 0.15) is 29.4 Å². The molecule has 0 aromatic heterocycles. The number of aliphatic hydroxyl groups excluding tert-OH is 1. The van der Waals surface area contributed by atoms with Crippen molar-refractivity contribution in [1.29, 1.82) is 0 Å². The molecule has 0 aliphatic heterocycles. The number of nitrogens with two attached hydrogens (primary N) is 1. The summed E-state index contributed by atoms with van der Waals surface area (Å²) >= 11 is 0. The van der Waals surface area contributed by atoms with E-state index in [1.54, 1.807) is 72.0 Å². The maximum absolute atomic E-state index is 11.9. The van der Waals surface area contributed by atoms with Crippen LogP contribution in [0.5, 0.6) is 5.75 Å². The molecule has 5 N–H and O–H groups in total. The van der Waals surface area contributed by atoms with Gasteiger partial charge in [-0.05, 0) is 65.7 Å². The van der Waals surface area contributed by atoms with Gasteiger partial charge in [-0.1, -0.05) is 12.1 Å². The van der Waals surface area contributed by atoms with Gasteiger partial charge in [0.05, 0.1) is 0 Å². The van der Waals surface area contributed by atoms with Gasteiger partial charge in [0.15, 0.2) is 6.10 Å². The van der Waals surface area contributed by atoms with Gasteiger partial charge in [-0.3, -0.25) is 4.79 Å². The monoisotopic (exact) mass is 506 g/mol. The Morgan fingerprint density at radius 3 is 2.22 bits per heavy atom. The second-order valence-electron chi connectivity index (χ2n) is 9.80. The fourth-order valence-corrected chi connectivity index (χ4v) is 2.64. The standard InChI is InChI=1S/C25H38N4O7/c1-24(2,3)35-22(32)20(31)15-34-18-10-8-17(9-11-18)19(21(26)29-16-30)14-27-12-7-13-28-23(33)36-25(4,5)6/h8-11,14,16,20,27,31H,7,12-13,15H2,1-6H3,(H,28,33)(H2,26,29,30)/b19-14-. The normalized spacial score (nSPS) is 13.4. The van der Waals surface area contributed by atoms with Crippen LogP contribution in [0.3, 0.4) is 0 Å². The quantitative estimate of drug-likeness (QED) is 0.109. The highest BCUT2D eigenvalue weighted by molar-refractivity contribution is 6.23. The minimum absolute atomic E-state index is 0.0124. The molecule has 36 heavy (non-hydrogen) atoms. The number of hydrogen-bond donors (Lipinski definition) is 4. The summed E-state index contributed by atoms with van der Waals surface area (Å²) in [6, 6.07) is 6.65. The molecule has 11 nitrogen and oxygen atoms in total. The van der Waals surface area contributed by atoms with Crippen LogP contribution in [0.4, 0.5) is 4.79 Å². The number of hydrogen-bond acceptors (Lipinski definition) is 8. The van der Waals surface area contributed by atoms with Gasteiger partial charge in [-0.2, -0.15) is 4.99 Å². The molecule has 0 fully saturated rings. The first kappa shape index (κ1) is 30.4. The van der Waals surface area contributed by atoms with E-state index in [-0.39, 0.29) is 12.4 Å². The number of carbonyl (C=O) groups is 3. The molecule has 0 spiro atoms. The van der Waals surface area contributed by atoms with Crippen LogP contribution >= 0.6 is 0 Å². The number of ether oxygens (including phenoxy) is 3. The minimum atomic E-state index is -1.43. The molecular weight excluding hydrogens is 468 g/mol. The number of carbonyl (C=O) groups excluding carboxylic acids is 3. The smallest absolute Gasteiger partial charge is 0.407 e. The number of benzene rings is 1. The van der Waals surface area contributed by atoms with Crippen LogP contribution in [0.15, 0.2) is 35.5 Å². The molecule has 1 aromatic rings. The molecule has 11 heteroatoms. The molecule has 2 amide bonds. The van der Waals surface area contributed by atoms with Gasteiger partial charge in [-0.25, -0.2) is 9.59 Å². The summed E-state index contributed by atoms with van der Waals surface area (Å²) in [5.74, 6) is -0.347. The third kappa shape index (κ3) is 12.7. The maximum atomic E-state index is 11.9. The molecule has 0 heterocycles. The molecule has 0 bridgehead atoms. The second kappa shape index (κ2) is 14.1. The van der Waals surface area contributed by atoms with Gasteiger partial charge < -0.3 is 35.7 Å². The molecule has 1 aromatic carbocycles. The lowest BCUT2D eigenvalue weighted by atomic mass is 10.1. The van der Waals surface area contributed by atoms with E-state index in [4.69, 9.17) is 19.9 Å². The Kier molecular flexibility index (Phi) is 11.9. The number of amidine groups is 1. The fourth-order valence-electron chi connectivity index (χ4n) is 2.64. The maximum Gasteiger partial charge on any atom is 0.407 e. The Bertz CT molecular complexity index is 929. The highest BCUT2D eigenvalue weighted by Gasteiger charge is 2.23. The number of alkyl carbamates (subject to hydrolysis) is 1. The molecule has 0 saturated carbocycles. The van der Waals surface area contributed by atoms with Crippen molar-refractivity contribution in [2.24, 2.45) is 10.7 Å². The number of esters is 1. The average molecular weight is 507 g/mol. The number of aliphatic hydroxyl groups is 1. The molecule has 0 saturated heterocycles. The van der Waals surface area contributed by atoms with Crippen molar-refractivity contribution in [3.63, 3.8) is 0 Å². The molecule has 0 aliphatic carbocycles. The summed E-state index contributed by atoms with van der Waals surface area (Å²) in [5, 5.41) is 15.7. The van der Waals surface area contributed by atoms with Gasteiger partial charge in [-0.15, -0.1) is 0 Å². The van der Waals surface area contributed by atoms with Crippen LogP contribution in [0.25, 0.3) is 5.57 Å². The van der Waals surface area contributed by atoms with Crippen molar-refractivity contribution in [1.82, 2.24) is 10.6 Å². The molecule has 1 rings (SSSR count). The van der Waals surface area contributed by atoms with Crippen LogP contribution in [0.1, 0.15) is 53.5 Å². The fraction of sp³-hybridized carbons (Fsp3) is 0.520. The van der Waals surface area contributed by atoms with Crippen molar-refractivity contribution in [2.45, 2.75) is 65.3 Å². The molecule has 200 valence electrons. The van der Waals surface area contributed by atoms with Gasteiger partial charge in [0.2, 0.25) is 6.41 Å². The first-order valence-electron chi connectivity index (χ1n) is 11.5. The molecule has 1 unspecified atom stereocenters. The van der Waals surface area contributed by atoms with Gasteiger partial charge >= 0.3 is 12.1 Å². The summed E-state index contributed by atoms with van der Waals surface area (Å²) in [6.07, 6.45) is 0.674. The lowest BCUT2D eigenvalue weighted by molar-refractivity contribution is -0.166. The van der Waals surface area contributed by atoms with E-state index in [1.807, 2.05) is 0 Å². The summed E-state index contributed by atoms with van der Waals surface area (Å²) in [7, 11) is 0. The second-order valence-corrected chi connectivity index (χ2v) is 9.80. The lowest BCUT2D eigenvalue weighted by Crippen LogP contribution is -2.35. The van der Waals surface area contributed by atoms with Crippen LogP contribution in [0.2, 0.25) is 0 Å². The predicted molar refractivity (Wildman–Crippen MR) is 136 cm³/mol. The third-order valence-corrected chi connectivity index (χ3v) is 4.13. The van der Waals surface area contributed by atoms with E-state index in [1.165, 1.54) is 0 Å². The van der Waals surface area contributed by atoms with Crippen LogP contribution in [0, 0.1) is 0 Å². The Hall–Kier alpha value is -3.60. The molecule has 0 radical (unpaired) electrons. The van der Waals surface area contributed by atoms with E-state index in [2.05, 4.69) is 15.6 Å². The zero-order chi connectivity index (χ0) is 27.4. The third-order valence-electron chi connectivity index (χ3n) is 4.13. The van der Waals surface area contributed by atoms with E-state index < -0.39 is 29.4 Å². The highest BCUT2D eigenvalue weighted by atomic mass is 16.6. The minimum Gasteiger partial charge on any atom is -0.490 e. The van der Waals surface area contributed by atoms with Crippen molar-refractivity contribution in [3.8, 4) is 5.75 Å². The topological polar surface area (TPSA) is 162 Å². The summed E-state index contributed by atoms with van der Waals surface area (Å²) < 4.78 is 15.8. The number of amides is 2. The summed E-state index contributed by atoms with van der Waals surface area (Å²) in [5.41, 5.74) is 5.79. The molecule has 0 aliphatic rings. The Labute approximate surface area is 212 Å². The number of rotatable bonds is 12. The number of nitrogens with one attached hydrogen (secondary N) is 2. The van der Waals surface area contributed by atoms with E-state index in [9.17, 15) is 19.5 Å². The number of nitrogens with zero attached hydrogens (tertiary/aromatic N) is 1. The van der Waals surface area contributed by atoms with E-state index in [0.29, 0.717) is 42.8 Å². The van der Waals surface area contributed by atoms with Gasteiger partial charge in [0.25, 0.3) is 0 Å². The lowest BCUT2D eigenvalue weighted by Gasteiger charge is -2.21. The van der Waals surface area contributed by atoms with Crippen molar-refractivity contribution in [3.05, 3.63) is 36.0 Å². The Balaban J connectivity index is 2.69. The van der Waals surface area contributed by atoms with Crippen molar-refractivity contribution >= 4 is 29.9 Å². The SMILES string of the molecule is CC(C)(C)OC(=O)NCCCN/C=C(\C(N)=NC=O)c1ccc(OCC(O)C(=O)OC(C)(C)C)cc1. The highest BCUT2D eigenvalue weighted by Crippen LogP contribution is 2.19. The zero-order valence-corrected chi connectivity index (χ0v) is 21.8. The van der Waals surface area contributed by atoms with E-state index in [0.717, 1.165) is 0 Å². The van der Waals surface area contributed by atoms with Crippen LogP contribution in [-0.4, -0.2) is 66.4 Å². The molecule has 1 atom stereocenters. The summed E-state index contributed by atoms with van der Waals surface area (Å²) in [6.45, 7) is 11.1. The van der Waals surface area contributed by atoms with Gasteiger partial charge in [0, 0.05) is 24.9 Å². The Morgan fingerprint density at radius 2 is 1.67 bits per heavy atom.